The van der Waals surface area contributed by atoms with Crippen LogP contribution in [0, 0.1) is 0 Å². The van der Waals surface area contributed by atoms with Crippen molar-refractivity contribution in [1.82, 2.24) is 9.88 Å². The maximum atomic E-state index is 12.0. The lowest BCUT2D eigenvalue weighted by Crippen LogP contribution is -2.23. The van der Waals surface area contributed by atoms with E-state index in [0.717, 1.165) is 21.9 Å². The summed E-state index contributed by atoms with van der Waals surface area (Å²) in [5.41, 5.74) is 1.65. The maximum Gasteiger partial charge on any atom is 0.256 e. The van der Waals surface area contributed by atoms with Gasteiger partial charge in [0.2, 0.25) is 5.91 Å². The topological polar surface area (TPSA) is 53.2 Å². The number of aromatic nitrogens is 1. The van der Waals surface area contributed by atoms with Gasteiger partial charge in [0.25, 0.3) is 5.56 Å². The van der Waals surface area contributed by atoms with Gasteiger partial charge in [0.15, 0.2) is 0 Å². The van der Waals surface area contributed by atoms with Crippen LogP contribution in [-0.2, 0) is 11.2 Å². The Kier molecular flexibility index (Phi) is 4.52. The highest BCUT2D eigenvalue weighted by molar-refractivity contribution is 6.05. The van der Waals surface area contributed by atoms with Gasteiger partial charge in [-0.15, -0.1) is 12.4 Å². The molecule has 0 aliphatic rings. The van der Waals surface area contributed by atoms with Crippen molar-refractivity contribution >= 4 is 40.0 Å². The Morgan fingerprint density at radius 2 is 1.73 bits per heavy atom. The summed E-state index contributed by atoms with van der Waals surface area (Å²) in [4.78, 5) is 28.3. The second kappa shape index (κ2) is 6.20. The highest BCUT2D eigenvalue weighted by Gasteiger charge is 2.09. The second-order valence-electron chi connectivity index (χ2n) is 5.34. The normalized spacial score (nSPS) is 10.5. The molecular formula is C17H17ClN2O2. The van der Waals surface area contributed by atoms with Crippen molar-refractivity contribution in [1.29, 1.82) is 0 Å². The van der Waals surface area contributed by atoms with E-state index in [1.807, 2.05) is 42.5 Å². The Morgan fingerprint density at radius 1 is 1.05 bits per heavy atom. The summed E-state index contributed by atoms with van der Waals surface area (Å²) in [6.45, 7) is 0. The third-order valence-electron chi connectivity index (χ3n) is 3.65. The van der Waals surface area contributed by atoms with E-state index in [1.54, 1.807) is 19.0 Å². The summed E-state index contributed by atoms with van der Waals surface area (Å²) < 4.78 is 0. The van der Waals surface area contributed by atoms with Crippen LogP contribution < -0.4 is 5.56 Å². The average molecular weight is 317 g/mol. The van der Waals surface area contributed by atoms with Crippen molar-refractivity contribution in [2.45, 2.75) is 6.42 Å². The predicted octanol–water partition coefficient (Wildman–Crippen LogP) is 2.73. The van der Waals surface area contributed by atoms with Gasteiger partial charge in [-0.25, -0.2) is 0 Å². The molecule has 4 nitrogen and oxygen atoms in total. The first kappa shape index (κ1) is 16.0. The third kappa shape index (κ3) is 2.83. The molecule has 114 valence electrons. The van der Waals surface area contributed by atoms with Gasteiger partial charge in [0.05, 0.1) is 6.42 Å². The highest BCUT2D eigenvalue weighted by Crippen LogP contribution is 2.22. The zero-order valence-corrected chi connectivity index (χ0v) is 13.2. The zero-order chi connectivity index (χ0) is 15.0. The molecule has 3 aromatic rings. The van der Waals surface area contributed by atoms with Crippen LogP contribution >= 0.6 is 12.4 Å². The molecular weight excluding hydrogens is 300 g/mol. The molecule has 5 heteroatoms. The van der Waals surface area contributed by atoms with Gasteiger partial charge in [-0.05, 0) is 29.1 Å². The number of carbonyl (C=O) groups excluding carboxylic acids is 1. The van der Waals surface area contributed by atoms with Gasteiger partial charge < -0.3 is 9.88 Å². The number of pyridine rings is 1. The number of rotatable bonds is 2. The number of amides is 1. The lowest BCUT2D eigenvalue weighted by Gasteiger charge is -2.11. The Morgan fingerprint density at radius 3 is 2.41 bits per heavy atom. The van der Waals surface area contributed by atoms with Crippen LogP contribution in [0.3, 0.4) is 0 Å². The quantitative estimate of drug-likeness (QED) is 0.739. The molecule has 0 unspecified atom stereocenters. The molecule has 0 aliphatic carbocycles. The number of nitrogens with one attached hydrogen (secondary N) is 1. The fourth-order valence-corrected chi connectivity index (χ4v) is 2.47. The van der Waals surface area contributed by atoms with Crippen molar-refractivity contribution in [2.75, 3.05) is 14.1 Å². The molecule has 0 aliphatic heterocycles. The molecule has 0 radical (unpaired) electrons. The number of aromatic amines is 1. The first-order valence-corrected chi connectivity index (χ1v) is 6.80. The first-order chi connectivity index (χ1) is 10.1. The van der Waals surface area contributed by atoms with Crippen LogP contribution in [0.2, 0.25) is 0 Å². The second-order valence-corrected chi connectivity index (χ2v) is 5.34. The molecule has 22 heavy (non-hydrogen) atoms. The number of hydrogen-bond acceptors (Lipinski definition) is 2. The van der Waals surface area contributed by atoms with E-state index in [2.05, 4.69) is 4.98 Å². The number of carbonyl (C=O) groups is 1. The number of nitrogens with zero attached hydrogens (tertiary/aromatic N) is 1. The van der Waals surface area contributed by atoms with Gasteiger partial charge >= 0.3 is 0 Å². The molecule has 3 rings (SSSR count). The molecule has 0 saturated heterocycles. The average Bonchev–Trinajstić information content (AvgIpc) is 2.48. The lowest BCUT2D eigenvalue weighted by atomic mass is 10.0. The van der Waals surface area contributed by atoms with Crippen molar-refractivity contribution in [3.63, 3.8) is 0 Å². The molecule has 1 aromatic heterocycles. The fraction of sp³-hybridized carbons (Fsp3) is 0.176. The molecule has 0 fully saturated rings. The first-order valence-electron chi connectivity index (χ1n) is 6.80. The van der Waals surface area contributed by atoms with E-state index >= 15 is 0 Å². The minimum atomic E-state index is -0.0878. The van der Waals surface area contributed by atoms with E-state index in [-0.39, 0.29) is 23.9 Å². The summed E-state index contributed by atoms with van der Waals surface area (Å²) in [6, 6.07) is 13.2. The molecule has 0 bridgehead atoms. The van der Waals surface area contributed by atoms with E-state index in [1.165, 1.54) is 0 Å². The lowest BCUT2D eigenvalue weighted by molar-refractivity contribution is -0.127. The van der Waals surface area contributed by atoms with Crippen molar-refractivity contribution in [3.05, 3.63) is 58.4 Å². The number of H-pyrrole nitrogens is 1. The third-order valence-corrected chi connectivity index (χ3v) is 3.65. The molecule has 2 aromatic carbocycles. The molecule has 1 amide bonds. The summed E-state index contributed by atoms with van der Waals surface area (Å²) >= 11 is 0. The number of benzene rings is 2. The fourth-order valence-electron chi connectivity index (χ4n) is 2.47. The summed E-state index contributed by atoms with van der Waals surface area (Å²) in [7, 11) is 3.49. The smallest absolute Gasteiger partial charge is 0.256 e. The Hall–Kier alpha value is -2.33. The van der Waals surface area contributed by atoms with Crippen LogP contribution in [0.25, 0.3) is 21.7 Å². The Balaban J connectivity index is 0.00000176. The van der Waals surface area contributed by atoms with Gasteiger partial charge in [-0.1, -0.05) is 24.3 Å². The number of likely N-dealkylation sites (N-methyl/N-ethyl adjacent to an activating group) is 1. The predicted molar refractivity (Wildman–Crippen MR) is 91.7 cm³/mol. The van der Waals surface area contributed by atoms with E-state index in [0.29, 0.717) is 11.8 Å². The van der Waals surface area contributed by atoms with Crippen molar-refractivity contribution < 1.29 is 4.79 Å². The van der Waals surface area contributed by atoms with Crippen LogP contribution in [0.4, 0.5) is 0 Å². The summed E-state index contributed by atoms with van der Waals surface area (Å²) in [5.74, 6) is 0.0584. The SMILES string of the molecule is CN(C)C(=O)Cc1ccc2[nH]c(=O)c3ccccc3c2c1.Cl. The van der Waals surface area contributed by atoms with Gasteiger partial charge in [0, 0.05) is 30.4 Å². The van der Waals surface area contributed by atoms with E-state index in [4.69, 9.17) is 0 Å². The van der Waals surface area contributed by atoms with Crippen molar-refractivity contribution in [2.24, 2.45) is 0 Å². The zero-order valence-electron chi connectivity index (χ0n) is 12.4. The number of halogens is 1. The summed E-state index contributed by atoms with van der Waals surface area (Å²) in [5, 5.41) is 2.55. The van der Waals surface area contributed by atoms with Gasteiger partial charge in [-0.2, -0.15) is 0 Å². The molecule has 0 atom stereocenters. The van der Waals surface area contributed by atoms with E-state index in [9.17, 15) is 9.59 Å². The van der Waals surface area contributed by atoms with E-state index < -0.39 is 0 Å². The van der Waals surface area contributed by atoms with Crippen LogP contribution in [0.5, 0.6) is 0 Å². The van der Waals surface area contributed by atoms with Crippen molar-refractivity contribution in [3.8, 4) is 0 Å². The number of hydrogen-bond donors (Lipinski definition) is 1. The van der Waals surface area contributed by atoms with Gasteiger partial charge in [-0.3, -0.25) is 9.59 Å². The Bertz CT molecular complexity index is 900. The number of fused-ring (bicyclic) bond motifs is 3. The van der Waals surface area contributed by atoms with Crippen LogP contribution in [0.1, 0.15) is 5.56 Å². The van der Waals surface area contributed by atoms with Crippen LogP contribution in [0.15, 0.2) is 47.3 Å². The van der Waals surface area contributed by atoms with Crippen LogP contribution in [-0.4, -0.2) is 29.9 Å². The van der Waals surface area contributed by atoms with Gasteiger partial charge in [0.1, 0.15) is 0 Å². The molecule has 0 saturated carbocycles. The maximum absolute atomic E-state index is 12.0. The largest absolute Gasteiger partial charge is 0.349 e. The standard InChI is InChI=1S/C17H16N2O2.ClH/c1-19(2)16(20)10-11-7-8-15-14(9-11)12-5-3-4-6-13(12)17(21)18-15;/h3-9H,10H2,1-2H3,(H,18,21);1H. The monoisotopic (exact) mass is 316 g/mol. The molecule has 0 spiro atoms. The minimum Gasteiger partial charge on any atom is -0.349 e. The molecule has 1 N–H and O–H groups in total. The highest BCUT2D eigenvalue weighted by atomic mass is 35.5. The Labute approximate surface area is 134 Å². The summed E-state index contributed by atoms with van der Waals surface area (Å²) in [6.07, 6.45) is 0.358. The minimum absolute atomic E-state index is 0. The molecule has 1 heterocycles.